The molecule has 0 saturated carbocycles. The number of hydrogen-bond donors (Lipinski definition) is 0. The summed E-state index contributed by atoms with van der Waals surface area (Å²) in [6.45, 7) is 11.6. The Bertz CT molecular complexity index is 247. The second-order valence-electron chi connectivity index (χ2n) is 2.85. The van der Waals surface area contributed by atoms with Gasteiger partial charge in [0.05, 0.1) is 0 Å². The van der Waals surface area contributed by atoms with Crippen LogP contribution in [0, 0.1) is 6.42 Å². The van der Waals surface area contributed by atoms with E-state index in [-0.39, 0.29) is 18.9 Å². The fourth-order valence-electron chi connectivity index (χ4n) is 0.883. The molecule has 15 heavy (non-hydrogen) atoms. The monoisotopic (exact) mass is 194 g/mol. The third kappa shape index (κ3) is 7.25. The zero-order chi connectivity index (χ0) is 10.8. The number of rotatable bonds is 3. The topological polar surface area (TPSA) is 0 Å². The first-order valence-corrected chi connectivity index (χ1v) is 4.91. The zero-order valence-electron chi connectivity index (χ0n) is 10.2. The fourth-order valence-corrected chi connectivity index (χ4v) is 0.883. The summed E-state index contributed by atoms with van der Waals surface area (Å²) in [6.07, 6.45) is 6.98. The van der Waals surface area contributed by atoms with Crippen LogP contribution in [0.4, 0.5) is 0 Å². The van der Waals surface area contributed by atoms with Crippen LogP contribution < -0.4 is 18.9 Å². The second kappa shape index (κ2) is 11.4. The molecule has 0 aliphatic rings. The van der Waals surface area contributed by atoms with Gasteiger partial charge in [0.15, 0.2) is 0 Å². The molecule has 1 rings (SSSR count). The van der Waals surface area contributed by atoms with Crippen LogP contribution in [0.2, 0.25) is 0 Å². The molecule has 0 fully saturated rings. The van der Waals surface area contributed by atoms with Crippen molar-refractivity contribution in [2.45, 2.75) is 20.3 Å². The molecule has 0 atom stereocenters. The molecule has 76 valence electrons. The normalized spacial score (nSPS) is 7.87. The molecule has 0 heterocycles. The number of benzene rings is 1. The summed E-state index contributed by atoms with van der Waals surface area (Å²) < 4.78 is 0. The number of hydrogen-bond acceptors (Lipinski definition) is 0. The molecule has 1 heteroatoms. The van der Waals surface area contributed by atoms with E-state index in [4.69, 9.17) is 0 Å². The third-order valence-electron chi connectivity index (χ3n) is 1.84. The van der Waals surface area contributed by atoms with Gasteiger partial charge in [0.25, 0.3) is 0 Å². The maximum absolute atomic E-state index is 3.69. The van der Waals surface area contributed by atoms with Crippen molar-refractivity contribution in [2.75, 3.05) is 0 Å². The molecular weight excluding hydrogens is 175 g/mol. The fraction of sp³-hybridized carbons (Fsp3) is 0.214. The van der Waals surface area contributed by atoms with Gasteiger partial charge < -0.3 is 6.42 Å². The molecule has 0 nitrogen and oxygen atoms in total. The predicted molar refractivity (Wildman–Crippen MR) is 66.9 cm³/mol. The summed E-state index contributed by atoms with van der Waals surface area (Å²) in [5, 5.41) is 0. The van der Waals surface area contributed by atoms with Crippen LogP contribution in [-0.2, 0) is 0 Å². The van der Waals surface area contributed by atoms with Crippen molar-refractivity contribution in [3.63, 3.8) is 0 Å². The summed E-state index contributed by atoms with van der Waals surface area (Å²) in [6, 6.07) is 8.02. The molecule has 0 unspecified atom stereocenters. The van der Waals surface area contributed by atoms with Gasteiger partial charge in [-0.1, -0.05) is 56.5 Å². The first-order valence-electron chi connectivity index (χ1n) is 4.91. The molecule has 1 aromatic rings. The molecule has 0 amide bonds. The van der Waals surface area contributed by atoms with E-state index < -0.39 is 0 Å². The Kier molecular flexibility index (Phi) is 12.7. The Hall–Kier alpha value is -0.703. The van der Waals surface area contributed by atoms with E-state index in [1.807, 2.05) is 36.4 Å². The quantitative estimate of drug-likeness (QED) is 0.506. The van der Waals surface area contributed by atoms with Crippen molar-refractivity contribution in [2.24, 2.45) is 0 Å². The first-order chi connectivity index (χ1) is 6.79. The van der Waals surface area contributed by atoms with E-state index in [1.54, 1.807) is 0 Å². The average molecular weight is 194 g/mol. The van der Waals surface area contributed by atoms with Gasteiger partial charge in [-0.3, -0.25) is 0 Å². The molecular formula is C14H19Li. The zero-order valence-corrected chi connectivity index (χ0v) is 10.2. The van der Waals surface area contributed by atoms with E-state index in [0.29, 0.717) is 0 Å². The van der Waals surface area contributed by atoms with Gasteiger partial charge >= 0.3 is 18.9 Å². The van der Waals surface area contributed by atoms with E-state index in [2.05, 4.69) is 33.4 Å². The van der Waals surface area contributed by atoms with Crippen molar-refractivity contribution in [1.29, 1.82) is 0 Å². The van der Waals surface area contributed by atoms with E-state index in [0.717, 1.165) is 11.1 Å². The predicted octanol–water partition coefficient (Wildman–Crippen LogP) is 1.60. The molecule has 0 radical (unpaired) electrons. The maximum Gasteiger partial charge on any atom is 1.00 e. The molecule has 0 spiro atoms. The average Bonchev–Trinajstić information content (AvgIpc) is 2.29. The molecule has 0 aliphatic carbocycles. The van der Waals surface area contributed by atoms with Crippen molar-refractivity contribution in [1.82, 2.24) is 0 Å². The standard InChI is InChI=1S/C10H10.C4H9.Li/c1-3-9-7-5-6-8-10(9)4-2;1-3-4-2;/h3-8H,1-2H2;3H,4H2,1-2H3;/q;-1;+1. The molecule has 1 aromatic carbocycles. The Balaban J connectivity index is 0. The van der Waals surface area contributed by atoms with Gasteiger partial charge in [-0.25, -0.2) is 0 Å². The van der Waals surface area contributed by atoms with Crippen LogP contribution in [0.5, 0.6) is 0 Å². The van der Waals surface area contributed by atoms with Crippen molar-refractivity contribution >= 4 is 12.2 Å². The summed E-state index contributed by atoms with van der Waals surface area (Å²) in [5.74, 6) is 0. The Morgan fingerprint density at radius 3 is 1.67 bits per heavy atom. The van der Waals surface area contributed by atoms with Crippen molar-refractivity contribution in [3.8, 4) is 0 Å². The van der Waals surface area contributed by atoms with Gasteiger partial charge in [-0.15, -0.1) is 0 Å². The maximum atomic E-state index is 3.69. The summed E-state index contributed by atoms with van der Waals surface area (Å²) in [7, 11) is 0. The van der Waals surface area contributed by atoms with Crippen LogP contribution >= 0.6 is 0 Å². The van der Waals surface area contributed by atoms with E-state index >= 15 is 0 Å². The number of unbranched alkanes of at least 4 members (excludes halogenated alkanes) is 1. The van der Waals surface area contributed by atoms with Crippen molar-refractivity contribution in [3.05, 3.63) is 55.0 Å². The Morgan fingerprint density at radius 2 is 1.47 bits per heavy atom. The summed E-state index contributed by atoms with van der Waals surface area (Å²) >= 11 is 0. The SMILES string of the molecule is C=Cc1ccccc1C=C.C[CH-]CC.[Li+]. The minimum atomic E-state index is 0. The molecule has 0 aliphatic heterocycles. The molecule has 0 bridgehead atoms. The van der Waals surface area contributed by atoms with Gasteiger partial charge in [0, 0.05) is 0 Å². The summed E-state index contributed by atoms with van der Waals surface area (Å²) in [5.41, 5.74) is 2.27. The Morgan fingerprint density at radius 1 is 1.13 bits per heavy atom. The minimum Gasteiger partial charge on any atom is -0.332 e. The second-order valence-corrected chi connectivity index (χ2v) is 2.85. The van der Waals surface area contributed by atoms with E-state index in [9.17, 15) is 0 Å². The molecule has 0 saturated heterocycles. The molecule has 0 N–H and O–H groups in total. The Labute approximate surface area is 106 Å². The van der Waals surface area contributed by atoms with E-state index in [1.165, 1.54) is 6.42 Å². The largest absolute Gasteiger partial charge is 1.00 e. The van der Waals surface area contributed by atoms with Crippen LogP contribution in [-0.4, -0.2) is 0 Å². The van der Waals surface area contributed by atoms with Crippen LogP contribution in [0.25, 0.3) is 12.2 Å². The third-order valence-corrected chi connectivity index (χ3v) is 1.84. The van der Waals surface area contributed by atoms with Gasteiger partial charge in [0.2, 0.25) is 0 Å². The van der Waals surface area contributed by atoms with Gasteiger partial charge in [0.1, 0.15) is 0 Å². The minimum absolute atomic E-state index is 0. The van der Waals surface area contributed by atoms with Crippen LogP contribution in [0.15, 0.2) is 37.4 Å². The summed E-state index contributed by atoms with van der Waals surface area (Å²) in [4.78, 5) is 0. The molecule has 0 aromatic heterocycles. The first kappa shape index (κ1) is 16.7. The van der Waals surface area contributed by atoms with Crippen LogP contribution in [0.3, 0.4) is 0 Å². The van der Waals surface area contributed by atoms with Crippen molar-refractivity contribution < 1.29 is 18.9 Å². The van der Waals surface area contributed by atoms with Gasteiger partial charge in [-0.2, -0.15) is 13.3 Å². The van der Waals surface area contributed by atoms with Gasteiger partial charge in [-0.05, 0) is 11.1 Å². The van der Waals surface area contributed by atoms with Crippen LogP contribution in [0.1, 0.15) is 31.4 Å². The smallest absolute Gasteiger partial charge is 0.332 e.